The lowest BCUT2D eigenvalue weighted by Crippen LogP contribution is -2.01. The number of hydrogen-bond donors (Lipinski definition) is 0. The van der Waals surface area contributed by atoms with Gasteiger partial charge in [0.15, 0.2) is 0 Å². The van der Waals surface area contributed by atoms with Crippen LogP contribution in [0.2, 0.25) is 0 Å². The molecule has 0 aromatic heterocycles. The van der Waals surface area contributed by atoms with E-state index in [4.69, 9.17) is 0 Å². The van der Waals surface area contributed by atoms with E-state index in [1.165, 1.54) is 64.9 Å². The summed E-state index contributed by atoms with van der Waals surface area (Å²) >= 11 is 0. The molecule has 0 saturated heterocycles. The van der Waals surface area contributed by atoms with Crippen molar-refractivity contribution < 1.29 is 9.53 Å². The number of ether oxygens (including phenoxy) is 1. The van der Waals surface area contributed by atoms with Crippen LogP contribution in [0.4, 0.5) is 0 Å². The molecule has 26 heavy (non-hydrogen) atoms. The van der Waals surface area contributed by atoms with Crippen LogP contribution in [0.1, 0.15) is 90.4 Å². The molecule has 0 aliphatic heterocycles. The largest absolute Gasteiger partial charge is 0.469 e. The minimum Gasteiger partial charge on any atom is -0.469 e. The highest BCUT2D eigenvalue weighted by molar-refractivity contribution is 5.69. The number of carbonyl (C=O) groups is 1. The van der Waals surface area contributed by atoms with Gasteiger partial charge in [-0.05, 0) is 76.0 Å². The Morgan fingerprint density at radius 1 is 0.962 bits per heavy atom. The number of esters is 1. The summed E-state index contributed by atoms with van der Waals surface area (Å²) in [7, 11) is 1.45. The average Bonchev–Trinajstić information content (AvgIpc) is 3.49. The van der Waals surface area contributed by atoms with Crippen molar-refractivity contribution >= 4 is 5.97 Å². The number of methoxy groups -OCH3 is 1. The van der Waals surface area contributed by atoms with Gasteiger partial charge >= 0.3 is 5.97 Å². The van der Waals surface area contributed by atoms with Crippen LogP contribution in [0.5, 0.6) is 0 Å². The molecule has 1 atom stereocenters. The number of unbranched alkanes of at least 4 members (excludes halogenated alkanes) is 4. The highest BCUT2D eigenvalue weighted by atomic mass is 16.5. The van der Waals surface area contributed by atoms with Crippen LogP contribution in [0.25, 0.3) is 0 Å². The Morgan fingerprint density at radius 3 is 2.35 bits per heavy atom. The zero-order chi connectivity index (χ0) is 18.9. The summed E-state index contributed by atoms with van der Waals surface area (Å²) in [6.07, 6.45) is 29.2. The molecule has 1 rings (SSSR count). The Balaban J connectivity index is 2.05. The van der Waals surface area contributed by atoms with Gasteiger partial charge in [-0.25, -0.2) is 0 Å². The fraction of sp³-hybridized carbons (Fsp3) is 0.708. The molecule has 0 unspecified atom stereocenters. The fourth-order valence-corrected chi connectivity index (χ4v) is 3.30. The molecule has 0 N–H and O–H groups in total. The molecule has 1 saturated carbocycles. The molecule has 0 amide bonds. The number of hydrogen-bond acceptors (Lipinski definition) is 2. The average molecular weight is 361 g/mol. The van der Waals surface area contributed by atoms with Crippen LogP contribution in [0, 0.1) is 11.8 Å². The summed E-state index contributed by atoms with van der Waals surface area (Å²) in [5.41, 5.74) is 0. The maximum atomic E-state index is 11.0. The van der Waals surface area contributed by atoms with Gasteiger partial charge in [0, 0.05) is 6.42 Å². The second-order valence-electron chi connectivity index (χ2n) is 7.52. The van der Waals surface area contributed by atoms with Crippen LogP contribution in [-0.2, 0) is 9.53 Å². The standard InChI is InChI=1S/C24H40O2/c1-3-4-5-6-11-14-17-22(23-20-21-23)18-15-12-9-7-8-10-13-16-19-24(25)26-2/h8-12,14,22-23H,3-7,13,15-21H2,1-2H3/b10-8-,12-9-,14-11-/t22-/m1/s1. The summed E-state index contributed by atoms with van der Waals surface area (Å²) in [6.45, 7) is 2.27. The maximum absolute atomic E-state index is 11.0. The number of allylic oxidation sites excluding steroid dienone is 6. The van der Waals surface area contributed by atoms with Crippen molar-refractivity contribution in [2.45, 2.75) is 90.4 Å². The van der Waals surface area contributed by atoms with Gasteiger partial charge < -0.3 is 4.74 Å². The van der Waals surface area contributed by atoms with E-state index >= 15 is 0 Å². The summed E-state index contributed by atoms with van der Waals surface area (Å²) in [5, 5.41) is 0. The highest BCUT2D eigenvalue weighted by Gasteiger charge is 2.29. The van der Waals surface area contributed by atoms with Crippen molar-refractivity contribution in [3.63, 3.8) is 0 Å². The Kier molecular flexibility index (Phi) is 13.9. The zero-order valence-electron chi connectivity index (χ0n) is 17.1. The van der Waals surface area contributed by atoms with E-state index in [-0.39, 0.29) is 5.97 Å². The summed E-state index contributed by atoms with van der Waals surface area (Å²) in [4.78, 5) is 11.0. The molecule has 0 radical (unpaired) electrons. The first kappa shape index (κ1) is 22.7. The van der Waals surface area contributed by atoms with Gasteiger partial charge in [-0.1, -0.05) is 56.2 Å². The first-order valence-electron chi connectivity index (χ1n) is 10.8. The molecule has 148 valence electrons. The molecule has 0 bridgehead atoms. The second-order valence-corrected chi connectivity index (χ2v) is 7.52. The fourth-order valence-electron chi connectivity index (χ4n) is 3.30. The Bertz CT molecular complexity index is 429. The van der Waals surface area contributed by atoms with Gasteiger partial charge in [-0.2, -0.15) is 0 Å². The van der Waals surface area contributed by atoms with E-state index in [9.17, 15) is 4.79 Å². The van der Waals surface area contributed by atoms with Gasteiger partial charge in [0.25, 0.3) is 0 Å². The molecule has 2 nitrogen and oxygen atoms in total. The van der Waals surface area contributed by atoms with Gasteiger partial charge in [-0.3, -0.25) is 4.79 Å². The predicted octanol–water partition coefficient (Wildman–Crippen LogP) is 7.17. The minimum absolute atomic E-state index is 0.112. The molecular formula is C24H40O2. The van der Waals surface area contributed by atoms with Crippen molar-refractivity contribution in [3.05, 3.63) is 36.5 Å². The maximum Gasteiger partial charge on any atom is 0.305 e. The molecule has 2 heteroatoms. The molecule has 0 aromatic carbocycles. The molecule has 0 heterocycles. The van der Waals surface area contributed by atoms with Crippen molar-refractivity contribution in [2.75, 3.05) is 7.11 Å². The number of carbonyl (C=O) groups excluding carboxylic acids is 1. The lowest BCUT2D eigenvalue weighted by atomic mass is 9.93. The predicted molar refractivity (Wildman–Crippen MR) is 112 cm³/mol. The van der Waals surface area contributed by atoms with Gasteiger partial charge in [-0.15, -0.1) is 0 Å². The molecule has 0 spiro atoms. The first-order chi connectivity index (χ1) is 12.8. The Morgan fingerprint density at radius 2 is 1.65 bits per heavy atom. The summed E-state index contributed by atoms with van der Waals surface area (Å²) in [5.74, 6) is 1.79. The van der Waals surface area contributed by atoms with E-state index in [1.54, 1.807) is 0 Å². The van der Waals surface area contributed by atoms with Crippen LogP contribution >= 0.6 is 0 Å². The first-order valence-corrected chi connectivity index (χ1v) is 10.8. The molecule has 0 aromatic rings. The topological polar surface area (TPSA) is 26.3 Å². The van der Waals surface area contributed by atoms with E-state index in [1.807, 2.05) is 0 Å². The van der Waals surface area contributed by atoms with E-state index < -0.39 is 0 Å². The monoisotopic (exact) mass is 360 g/mol. The zero-order valence-corrected chi connectivity index (χ0v) is 17.1. The van der Waals surface area contributed by atoms with Gasteiger partial charge in [0.2, 0.25) is 0 Å². The van der Waals surface area contributed by atoms with E-state index in [2.05, 4.69) is 48.1 Å². The quantitative estimate of drug-likeness (QED) is 0.166. The van der Waals surface area contributed by atoms with E-state index in [0.717, 1.165) is 31.1 Å². The van der Waals surface area contributed by atoms with Gasteiger partial charge in [0.1, 0.15) is 0 Å². The lowest BCUT2D eigenvalue weighted by molar-refractivity contribution is -0.140. The smallest absolute Gasteiger partial charge is 0.305 e. The normalized spacial score (nSPS) is 16.1. The third-order valence-corrected chi connectivity index (χ3v) is 5.16. The molecule has 1 aliphatic carbocycles. The van der Waals surface area contributed by atoms with Crippen molar-refractivity contribution in [1.29, 1.82) is 0 Å². The lowest BCUT2D eigenvalue weighted by Gasteiger charge is -2.12. The Hall–Kier alpha value is -1.31. The van der Waals surface area contributed by atoms with Crippen LogP contribution in [0.3, 0.4) is 0 Å². The third kappa shape index (κ3) is 13.0. The van der Waals surface area contributed by atoms with Crippen molar-refractivity contribution in [2.24, 2.45) is 11.8 Å². The molecule has 1 fully saturated rings. The summed E-state index contributed by atoms with van der Waals surface area (Å²) in [6, 6.07) is 0. The van der Waals surface area contributed by atoms with E-state index in [0.29, 0.717) is 6.42 Å². The minimum atomic E-state index is -0.112. The number of rotatable bonds is 16. The highest BCUT2D eigenvalue weighted by Crippen LogP contribution is 2.41. The van der Waals surface area contributed by atoms with Crippen molar-refractivity contribution in [1.82, 2.24) is 0 Å². The van der Waals surface area contributed by atoms with Crippen LogP contribution in [-0.4, -0.2) is 13.1 Å². The SMILES string of the molecule is CCCCC/C=C\C[C@H](CC/C=C\C/C=C\CCCC(=O)OC)C1CC1. The van der Waals surface area contributed by atoms with Crippen LogP contribution < -0.4 is 0 Å². The molecular weight excluding hydrogens is 320 g/mol. The second kappa shape index (κ2) is 15.9. The van der Waals surface area contributed by atoms with Crippen molar-refractivity contribution in [3.8, 4) is 0 Å². The Labute approximate surface area is 161 Å². The van der Waals surface area contributed by atoms with Gasteiger partial charge in [0.05, 0.1) is 7.11 Å². The third-order valence-electron chi connectivity index (χ3n) is 5.16. The van der Waals surface area contributed by atoms with Crippen LogP contribution in [0.15, 0.2) is 36.5 Å². The molecule has 1 aliphatic rings. The summed E-state index contributed by atoms with van der Waals surface area (Å²) < 4.78 is 4.63.